The standard InChI is InChI=1S/C19H25N3O3/c1-4-16(18-12(2)22-25-13(18)3)21-19(23)20-11-14-9-10-24-17-8-6-5-7-15(14)17/h5-8,14,16H,4,9-11H2,1-3H3,(H2,20,21,23)/t14-,16-/m0/s1. The number of ether oxygens (including phenoxy) is 1. The first kappa shape index (κ1) is 17.3. The van der Waals surface area contributed by atoms with Gasteiger partial charge in [0.25, 0.3) is 0 Å². The molecule has 1 aliphatic heterocycles. The van der Waals surface area contributed by atoms with Crippen molar-refractivity contribution in [2.75, 3.05) is 13.2 Å². The van der Waals surface area contributed by atoms with Gasteiger partial charge in [-0.25, -0.2) is 4.79 Å². The molecule has 0 radical (unpaired) electrons. The second-order valence-electron chi connectivity index (χ2n) is 6.42. The van der Waals surface area contributed by atoms with Crippen molar-refractivity contribution >= 4 is 6.03 Å². The lowest BCUT2D eigenvalue weighted by Crippen LogP contribution is -2.40. The molecule has 6 heteroatoms. The van der Waals surface area contributed by atoms with Crippen molar-refractivity contribution in [3.8, 4) is 5.75 Å². The highest BCUT2D eigenvalue weighted by Gasteiger charge is 2.23. The Bertz CT molecular complexity index is 722. The molecule has 2 amide bonds. The molecule has 0 saturated heterocycles. The third-order valence-electron chi connectivity index (χ3n) is 4.74. The van der Waals surface area contributed by atoms with Gasteiger partial charge in [-0.15, -0.1) is 0 Å². The Morgan fingerprint density at radius 3 is 2.88 bits per heavy atom. The van der Waals surface area contributed by atoms with Gasteiger partial charge < -0.3 is 19.9 Å². The number of carbonyl (C=O) groups excluding carboxylic acids is 1. The van der Waals surface area contributed by atoms with Gasteiger partial charge in [-0.1, -0.05) is 30.3 Å². The van der Waals surface area contributed by atoms with Gasteiger partial charge in [0.05, 0.1) is 18.3 Å². The van der Waals surface area contributed by atoms with Crippen molar-refractivity contribution in [3.05, 3.63) is 46.8 Å². The topological polar surface area (TPSA) is 76.4 Å². The highest BCUT2D eigenvalue weighted by atomic mass is 16.5. The van der Waals surface area contributed by atoms with E-state index in [1.807, 2.05) is 39.0 Å². The lowest BCUT2D eigenvalue weighted by Gasteiger charge is -2.26. The van der Waals surface area contributed by atoms with Crippen LogP contribution in [0.25, 0.3) is 0 Å². The number of hydrogen-bond acceptors (Lipinski definition) is 4. The molecule has 134 valence electrons. The number of aromatic nitrogens is 1. The molecule has 3 rings (SSSR count). The maximum absolute atomic E-state index is 12.4. The summed E-state index contributed by atoms with van der Waals surface area (Å²) >= 11 is 0. The van der Waals surface area contributed by atoms with Crippen molar-refractivity contribution in [2.45, 2.75) is 45.6 Å². The lowest BCUT2D eigenvalue weighted by atomic mass is 9.93. The Balaban J connectivity index is 1.60. The number of nitrogens with one attached hydrogen (secondary N) is 2. The fourth-order valence-corrected chi connectivity index (χ4v) is 3.42. The van der Waals surface area contributed by atoms with Gasteiger partial charge in [0, 0.05) is 18.0 Å². The molecule has 0 unspecified atom stereocenters. The number of nitrogens with zero attached hydrogens (tertiary/aromatic N) is 1. The molecule has 0 aliphatic carbocycles. The molecule has 2 aromatic rings. The van der Waals surface area contributed by atoms with E-state index in [0.717, 1.165) is 41.2 Å². The number of para-hydroxylation sites is 1. The molecule has 0 fully saturated rings. The van der Waals surface area contributed by atoms with E-state index in [2.05, 4.69) is 21.9 Å². The number of urea groups is 1. The predicted octanol–water partition coefficient (Wildman–Crippen LogP) is 3.61. The van der Waals surface area contributed by atoms with Crippen LogP contribution >= 0.6 is 0 Å². The quantitative estimate of drug-likeness (QED) is 0.869. The van der Waals surface area contributed by atoms with Crippen LogP contribution in [0.15, 0.2) is 28.8 Å². The van der Waals surface area contributed by atoms with Crippen LogP contribution in [0.2, 0.25) is 0 Å². The van der Waals surface area contributed by atoms with Crippen LogP contribution in [0.4, 0.5) is 4.79 Å². The minimum absolute atomic E-state index is 0.103. The number of fused-ring (bicyclic) bond motifs is 1. The summed E-state index contributed by atoms with van der Waals surface area (Å²) in [6.07, 6.45) is 1.68. The van der Waals surface area contributed by atoms with E-state index in [1.165, 1.54) is 0 Å². The second kappa shape index (κ2) is 7.59. The van der Waals surface area contributed by atoms with Crippen molar-refractivity contribution in [1.29, 1.82) is 0 Å². The molecule has 1 aromatic heterocycles. The van der Waals surface area contributed by atoms with E-state index in [1.54, 1.807) is 0 Å². The van der Waals surface area contributed by atoms with Gasteiger partial charge in [0.15, 0.2) is 0 Å². The molecular formula is C19H25N3O3. The Labute approximate surface area is 147 Å². The summed E-state index contributed by atoms with van der Waals surface area (Å²) in [5, 5.41) is 10.0. The zero-order valence-corrected chi connectivity index (χ0v) is 15.0. The fraction of sp³-hybridized carbons (Fsp3) is 0.474. The summed E-state index contributed by atoms with van der Waals surface area (Å²) in [6, 6.07) is 7.75. The molecule has 1 aromatic carbocycles. The molecule has 6 nitrogen and oxygen atoms in total. The molecule has 1 aliphatic rings. The van der Waals surface area contributed by atoms with Crippen molar-refractivity contribution in [1.82, 2.24) is 15.8 Å². The molecule has 0 spiro atoms. The van der Waals surface area contributed by atoms with Crippen molar-refractivity contribution in [3.63, 3.8) is 0 Å². The van der Waals surface area contributed by atoms with Crippen LogP contribution in [0.1, 0.15) is 54.3 Å². The second-order valence-corrected chi connectivity index (χ2v) is 6.42. The maximum atomic E-state index is 12.4. The van der Waals surface area contributed by atoms with Crippen LogP contribution < -0.4 is 15.4 Å². The van der Waals surface area contributed by atoms with Crippen LogP contribution in [0.3, 0.4) is 0 Å². The van der Waals surface area contributed by atoms with Crippen molar-refractivity contribution in [2.24, 2.45) is 0 Å². The maximum Gasteiger partial charge on any atom is 0.315 e. The van der Waals surface area contributed by atoms with E-state index in [0.29, 0.717) is 13.2 Å². The van der Waals surface area contributed by atoms with E-state index >= 15 is 0 Å². The molecule has 2 N–H and O–H groups in total. The van der Waals surface area contributed by atoms with E-state index in [-0.39, 0.29) is 18.0 Å². The fourth-order valence-electron chi connectivity index (χ4n) is 3.42. The third-order valence-corrected chi connectivity index (χ3v) is 4.74. The zero-order valence-electron chi connectivity index (χ0n) is 15.0. The van der Waals surface area contributed by atoms with Gasteiger partial charge in [0.1, 0.15) is 11.5 Å². The minimum Gasteiger partial charge on any atom is -0.493 e. The number of amides is 2. The van der Waals surface area contributed by atoms with Crippen LogP contribution in [0, 0.1) is 13.8 Å². The average Bonchev–Trinajstić information content (AvgIpc) is 2.96. The molecule has 0 bridgehead atoms. The number of rotatable bonds is 5. The Morgan fingerprint density at radius 1 is 1.36 bits per heavy atom. The van der Waals surface area contributed by atoms with Gasteiger partial charge in [0.2, 0.25) is 0 Å². The van der Waals surface area contributed by atoms with Gasteiger partial charge in [-0.2, -0.15) is 0 Å². The molecule has 2 heterocycles. The molecule has 25 heavy (non-hydrogen) atoms. The smallest absolute Gasteiger partial charge is 0.315 e. The zero-order chi connectivity index (χ0) is 17.8. The summed E-state index contributed by atoms with van der Waals surface area (Å²) in [5.41, 5.74) is 2.95. The first-order chi connectivity index (χ1) is 12.1. The van der Waals surface area contributed by atoms with Crippen molar-refractivity contribution < 1.29 is 14.1 Å². The molecule has 0 saturated carbocycles. The summed E-state index contributed by atoms with van der Waals surface area (Å²) in [5.74, 6) is 1.95. The van der Waals surface area contributed by atoms with Gasteiger partial charge in [-0.05, 0) is 38.3 Å². The SMILES string of the molecule is CC[C@H](NC(=O)NC[C@@H]1CCOc2ccccc21)c1c(C)noc1C. The molecule has 2 atom stereocenters. The highest BCUT2D eigenvalue weighted by molar-refractivity contribution is 5.74. The first-order valence-electron chi connectivity index (χ1n) is 8.79. The summed E-state index contributed by atoms with van der Waals surface area (Å²) in [6.45, 7) is 7.07. The van der Waals surface area contributed by atoms with Crippen LogP contribution in [-0.4, -0.2) is 24.3 Å². The summed E-state index contributed by atoms with van der Waals surface area (Å²) in [4.78, 5) is 12.4. The van der Waals surface area contributed by atoms with E-state index in [4.69, 9.17) is 9.26 Å². The minimum atomic E-state index is -0.171. The Hall–Kier alpha value is -2.50. The number of hydrogen-bond donors (Lipinski definition) is 2. The molecular weight excluding hydrogens is 318 g/mol. The number of aryl methyl sites for hydroxylation is 2. The number of benzene rings is 1. The van der Waals surface area contributed by atoms with Gasteiger partial charge in [-0.3, -0.25) is 0 Å². The Morgan fingerprint density at radius 2 is 2.16 bits per heavy atom. The van der Waals surface area contributed by atoms with Gasteiger partial charge >= 0.3 is 6.03 Å². The largest absolute Gasteiger partial charge is 0.493 e. The highest BCUT2D eigenvalue weighted by Crippen LogP contribution is 2.32. The van der Waals surface area contributed by atoms with E-state index in [9.17, 15) is 4.79 Å². The van der Waals surface area contributed by atoms with Crippen LogP contribution in [-0.2, 0) is 0 Å². The lowest BCUT2D eigenvalue weighted by molar-refractivity contribution is 0.231. The summed E-state index contributed by atoms with van der Waals surface area (Å²) < 4.78 is 10.9. The normalized spacial score (nSPS) is 17.3. The predicted molar refractivity (Wildman–Crippen MR) is 94.8 cm³/mol. The van der Waals surface area contributed by atoms with Crippen LogP contribution in [0.5, 0.6) is 5.75 Å². The monoisotopic (exact) mass is 343 g/mol. The first-order valence-corrected chi connectivity index (χ1v) is 8.79. The third kappa shape index (κ3) is 3.78. The summed E-state index contributed by atoms with van der Waals surface area (Å²) in [7, 11) is 0. The average molecular weight is 343 g/mol. The van der Waals surface area contributed by atoms with E-state index < -0.39 is 0 Å². The Kier molecular flexibility index (Phi) is 5.26. The number of carbonyl (C=O) groups is 1.